The maximum absolute atomic E-state index is 12.6. The molecule has 0 atom stereocenters. The summed E-state index contributed by atoms with van der Waals surface area (Å²) < 4.78 is 1.90. The molecule has 1 aromatic heterocycles. The van der Waals surface area contributed by atoms with Crippen LogP contribution in [0.5, 0.6) is 0 Å². The van der Waals surface area contributed by atoms with Gasteiger partial charge in [-0.15, -0.1) is 0 Å². The van der Waals surface area contributed by atoms with Gasteiger partial charge >= 0.3 is 0 Å². The second-order valence-corrected chi connectivity index (χ2v) is 5.77. The molecular formula is C20H21N3O. The fourth-order valence-corrected chi connectivity index (χ4v) is 2.77. The molecule has 24 heavy (non-hydrogen) atoms. The van der Waals surface area contributed by atoms with Crippen LogP contribution >= 0.6 is 0 Å². The number of nitrogens with zero attached hydrogens (tertiary/aromatic N) is 2. The summed E-state index contributed by atoms with van der Waals surface area (Å²) in [4.78, 5) is 12.6. The molecule has 0 aliphatic rings. The monoisotopic (exact) mass is 319 g/mol. The van der Waals surface area contributed by atoms with Crippen LogP contribution in [-0.4, -0.2) is 15.7 Å². The first kappa shape index (κ1) is 16.0. The SMILES string of the molecule is CCc1c(C(=O)Nc2ccccc2C)cnn1Cc1ccccc1. The number of carbonyl (C=O) groups is 1. The van der Waals surface area contributed by atoms with Gasteiger partial charge in [0.05, 0.1) is 24.0 Å². The number of rotatable bonds is 5. The fourth-order valence-electron chi connectivity index (χ4n) is 2.77. The molecule has 1 heterocycles. The standard InChI is InChI=1S/C20H21N3O/c1-3-19-17(20(24)22-18-12-8-7-9-15(18)2)13-21-23(19)14-16-10-5-4-6-11-16/h4-13H,3,14H2,1-2H3,(H,22,24). The van der Waals surface area contributed by atoms with Crippen LogP contribution in [0.3, 0.4) is 0 Å². The summed E-state index contributed by atoms with van der Waals surface area (Å²) in [6, 6.07) is 17.9. The lowest BCUT2D eigenvalue weighted by Gasteiger charge is -2.10. The van der Waals surface area contributed by atoms with E-state index in [1.807, 2.05) is 61.0 Å². The highest BCUT2D eigenvalue weighted by molar-refractivity contribution is 6.05. The molecule has 1 amide bonds. The molecule has 0 saturated heterocycles. The van der Waals surface area contributed by atoms with Crippen molar-refractivity contribution in [2.24, 2.45) is 0 Å². The molecule has 0 unspecified atom stereocenters. The van der Waals surface area contributed by atoms with E-state index in [0.717, 1.165) is 23.4 Å². The zero-order valence-electron chi connectivity index (χ0n) is 14.0. The van der Waals surface area contributed by atoms with E-state index < -0.39 is 0 Å². The number of hydrogen-bond acceptors (Lipinski definition) is 2. The van der Waals surface area contributed by atoms with Gasteiger partial charge in [0.1, 0.15) is 0 Å². The van der Waals surface area contributed by atoms with E-state index in [1.165, 1.54) is 5.56 Å². The maximum Gasteiger partial charge on any atom is 0.259 e. The van der Waals surface area contributed by atoms with Crippen LogP contribution in [0.25, 0.3) is 0 Å². The molecule has 0 bridgehead atoms. The van der Waals surface area contributed by atoms with Crippen molar-refractivity contribution >= 4 is 11.6 Å². The summed E-state index contributed by atoms with van der Waals surface area (Å²) in [6.45, 7) is 4.69. The number of aromatic nitrogens is 2. The van der Waals surface area contributed by atoms with Crippen molar-refractivity contribution in [2.45, 2.75) is 26.8 Å². The first-order valence-electron chi connectivity index (χ1n) is 8.14. The Hall–Kier alpha value is -2.88. The minimum Gasteiger partial charge on any atom is -0.322 e. The van der Waals surface area contributed by atoms with Gasteiger partial charge in [0.15, 0.2) is 0 Å². The lowest BCUT2D eigenvalue weighted by atomic mass is 10.1. The number of hydrogen-bond donors (Lipinski definition) is 1. The van der Waals surface area contributed by atoms with E-state index in [0.29, 0.717) is 12.1 Å². The van der Waals surface area contributed by atoms with Gasteiger partial charge < -0.3 is 5.32 Å². The highest BCUT2D eigenvalue weighted by atomic mass is 16.1. The van der Waals surface area contributed by atoms with E-state index in [4.69, 9.17) is 0 Å². The molecule has 2 aromatic carbocycles. The van der Waals surface area contributed by atoms with Gasteiger partial charge in [0.2, 0.25) is 0 Å². The highest BCUT2D eigenvalue weighted by Crippen LogP contribution is 2.17. The van der Waals surface area contributed by atoms with Crippen LogP contribution in [0.15, 0.2) is 60.8 Å². The number of benzene rings is 2. The Kier molecular flexibility index (Phi) is 4.75. The van der Waals surface area contributed by atoms with Crippen LogP contribution in [0.2, 0.25) is 0 Å². The van der Waals surface area contributed by atoms with Crippen LogP contribution in [0.1, 0.15) is 34.1 Å². The third-order valence-corrected chi connectivity index (χ3v) is 4.10. The molecule has 3 aromatic rings. The number of para-hydroxylation sites is 1. The normalized spacial score (nSPS) is 10.6. The average Bonchev–Trinajstić information content (AvgIpc) is 3.00. The summed E-state index contributed by atoms with van der Waals surface area (Å²) in [6.07, 6.45) is 2.42. The van der Waals surface area contributed by atoms with Crippen molar-refractivity contribution in [1.82, 2.24) is 9.78 Å². The second kappa shape index (κ2) is 7.13. The smallest absolute Gasteiger partial charge is 0.259 e. The molecule has 1 N–H and O–H groups in total. The van der Waals surface area contributed by atoms with Crippen molar-refractivity contribution < 1.29 is 4.79 Å². The maximum atomic E-state index is 12.6. The number of aryl methyl sites for hydroxylation is 1. The zero-order chi connectivity index (χ0) is 16.9. The zero-order valence-corrected chi connectivity index (χ0v) is 14.0. The largest absolute Gasteiger partial charge is 0.322 e. The molecule has 122 valence electrons. The Morgan fingerprint density at radius 3 is 2.50 bits per heavy atom. The Morgan fingerprint density at radius 2 is 1.79 bits per heavy atom. The predicted molar refractivity (Wildman–Crippen MR) is 96.3 cm³/mol. The molecule has 0 aliphatic heterocycles. The topological polar surface area (TPSA) is 46.9 Å². The number of anilines is 1. The van der Waals surface area contributed by atoms with Crippen molar-refractivity contribution in [3.63, 3.8) is 0 Å². The Bertz CT molecular complexity index is 837. The van der Waals surface area contributed by atoms with E-state index in [-0.39, 0.29) is 5.91 Å². The summed E-state index contributed by atoms with van der Waals surface area (Å²) in [7, 11) is 0. The van der Waals surface area contributed by atoms with Crippen molar-refractivity contribution in [3.05, 3.63) is 83.2 Å². The van der Waals surface area contributed by atoms with Crippen LogP contribution < -0.4 is 5.32 Å². The third-order valence-electron chi connectivity index (χ3n) is 4.10. The molecule has 4 heteroatoms. The van der Waals surface area contributed by atoms with Gasteiger partial charge in [0, 0.05) is 5.69 Å². The van der Waals surface area contributed by atoms with Gasteiger partial charge in [-0.2, -0.15) is 5.10 Å². The minimum absolute atomic E-state index is 0.111. The third kappa shape index (κ3) is 3.38. The second-order valence-electron chi connectivity index (χ2n) is 5.77. The molecule has 4 nitrogen and oxygen atoms in total. The average molecular weight is 319 g/mol. The van der Waals surface area contributed by atoms with Gasteiger partial charge in [0.25, 0.3) is 5.91 Å². The first-order chi connectivity index (χ1) is 11.7. The predicted octanol–water partition coefficient (Wildman–Crippen LogP) is 4.05. The Balaban J connectivity index is 1.83. The van der Waals surface area contributed by atoms with Gasteiger partial charge in [-0.05, 0) is 30.5 Å². The fraction of sp³-hybridized carbons (Fsp3) is 0.200. The summed E-state index contributed by atoms with van der Waals surface area (Å²) in [5.74, 6) is -0.111. The summed E-state index contributed by atoms with van der Waals surface area (Å²) in [5.41, 5.74) is 4.63. The molecule has 0 fully saturated rings. The molecule has 0 saturated carbocycles. The van der Waals surface area contributed by atoms with Crippen molar-refractivity contribution in [3.8, 4) is 0 Å². The van der Waals surface area contributed by atoms with E-state index in [2.05, 4.69) is 22.5 Å². The molecule has 3 rings (SSSR count). The van der Waals surface area contributed by atoms with Crippen LogP contribution in [0, 0.1) is 6.92 Å². The molecule has 0 aliphatic carbocycles. The van der Waals surface area contributed by atoms with Crippen molar-refractivity contribution in [2.75, 3.05) is 5.32 Å². The van der Waals surface area contributed by atoms with E-state index >= 15 is 0 Å². The van der Waals surface area contributed by atoms with Crippen LogP contribution in [-0.2, 0) is 13.0 Å². The van der Waals surface area contributed by atoms with Crippen molar-refractivity contribution in [1.29, 1.82) is 0 Å². The summed E-state index contributed by atoms with van der Waals surface area (Å²) >= 11 is 0. The molecule has 0 spiro atoms. The quantitative estimate of drug-likeness (QED) is 0.771. The van der Waals surface area contributed by atoms with E-state index in [9.17, 15) is 4.79 Å². The first-order valence-corrected chi connectivity index (χ1v) is 8.14. The van der Waals surface area contributed by atoms with Gasteiger partial charge in [-0.25, -0.2) is 0 Å². The van der Waals surface area contributed by atoms with Gasteiger partial charge in [-0.1, -0.05) is 55.5 Å². The Labute approximate surface area is 142 Å². The molecule has 0 radical (unpaired) electrons. The number of nitrogens with one attached hydrogen (secondary N) is 1. The van der Waals surface area contributed by atoms with E-state index in [1.54, 1.807) is 6.20 Å². The Morgan fingerprint density at radius 1 is 1.08 bits per heavy atom. The number of carbonyl (C=O) groups excluding carboxylic acids is 1. The highest BCUT2D eigenvalue weighted by Gasteiger charge is 2.17. The summed E-state index contributed by atoms with van der Waals surface area (Å²) in [5, 5.41) is 7.41. The van der Waals surface area contributed by atoms with Crippen LogP contribution in [0.4, 0.5) is 5.69 Å². The lowest BCUT2D eigenvalue weighted by Crippen LogP contribution is -2.15. The van der Waals surface area contributed by atoms with Gasteiger partial charge in [-0.3, -0.25) is 9.48 Å². The lowest BCUT2D eigenvalue weighted by molar-refractivity contribution is 0.102. The minimum atomic E-state index is -0.111. The number of amides is 1. The molecular weight excluding hydrogens is 298 g/mol.